The number of halogens is 1. The Labute approximate surface area is 111 Å². The van der Waals surface area contributed by atoms with Crippen molar-refractivity contribution in [2.24, 2.45) is 0 Å². The molecule has 94 valence electrons. The van der Waals surface area contributed by atoms with Gasteiger partial charge in [-0.3, -0.25) is 4.79 Å². The summed E-state index contributed by atoms with van der Waals surface area (Å²) in [5.74, 6) is -0.400. The van der Waals surface area contributed by atoms with Crippen LogP contribution in [-0.2, 0) is 14.9 Å². The van der Waals surface area contributed by atoms with Crippen LogP contribution >= 0.6 is 15.9 Å². The molecular formula is C14H19BrO2. The van der Waals surface area contributed by atoms with Gasteiger partial charge in [-0.25, -0.2) is 0 Å². The number of ether oxygens (including phenoxy) is 1. The Balaban J connectivity index is 2.74. The Morgan fingerprint density at radius 2 is 1.82 bits per heavy atom. The Morgan fingerprint density at radius 3 is 2.24 bits per heavy atom. The number of alkyl halides is 1. The molecule has 1 rings (SSSR count). The second-order valence-corrected chi connectivity index (χ2v) is 5.69. The van der Waals surface area contributed by atoms with Crippen molar-refractivity contribution >= 4 is 21.9 Å². The van der Waals surface area contributed by atoms with E-state index in [1.54, 1.807) is 0 Å². The summed E-state index contributed by atoms with van der Waals surface area (Å²) in [5, 5.41) is 0.827. The van der Waals surface area contributed by atoms with E-state index in [1.165, 1.54) is 5.56 Å². The maximum atomic E-state index is 11.9. The van der Waals surface area contributed by atoms with Crippen molar-refractivity contribution in [1.29, 1.82) is 0 Å². The quantitative estimate of drug-likeness (QED) is 0.622. The summed E-state index contributed by atoms with van der Waals surface area (Å²) in [6.45, 7) is 7.51. The van der Waals surface area contributed by atoms with Gasteiger partial charge in [-0.05, 0) is 38.8 Å². The van der Waals surface area contributed by atoms with E-state index in [4.69, 9.17) is 4.74 Å². The van der Waals surface area contributed by atoms with Gasteiger partial charge in [0.05, 0.1) is 5.92 Å². The SMILES string of the molecule is CC(C(=O)OC(C)(C)C)c1ccc(CBr)cc1. The number of rotatable bonds is 3. The molecular weight excluding hydrogens is 280 g/mol. The highest BCUT2D eigenvalue weighted by atomic mass is 79.9. The van der Waals surface area contributed by atoms with Gasteiger partial charge < -0.3 is 4.74 Å². The normalized spacial score (nSPS) is 13.2. The van der Waals surface area contributed by atoms with Crippen LogP contribution < -0.4 is 0 Å². The fourth-order valence-electron chi connectivity index (χ4n) is 1.42. The molecule has 1 unspecified atom stereocenters. The largest absolute Gasteiger partial charge is 0.460 e. The first kappa shape index (κ1) is 14.2. The molecule has 0 heterocycles. The third-order valence-corrected chi connectivity index (χ3v) is 3.04. The van der Waals surface area contributed by atoms with Crippen molar-refractivity contribution in [2.45, 2.75) is 44.5 Å². The molecule has 0 radical (unpaired) electrons. The second kappa shape index (κ2) is 5.67. The highest BCUT2D eigenvalue weighted by molar-refractivity contribution is 9.08. The fraction of sp³-hybridized carbons (Fsp3) is 0.500. The van der Waals surface area contributed by atoms with Crippen LogP contribution in [0.15, 0.2) is 24.3 Å². The number of benzene rings is 1. The molecule has 0 spiro atoms. The van der Waals surface area contributed by atoms with E-state index >= 15 is 0 Å². The second-order valence-electron chi connectivity index (χ2n) is 5.13. The first-order chi connectivity index (χ1) is 7.83. The van der Waals surface area contributed by atoms with Crippen LogP contribution in [0.1, 0.15) is 44.7 Å². The van der Waals surface area contributed by atoms with Gasteiger partial charge in [0.25, 0.3) is 0 Å². The first-order valence-electron chi connectivity index (χ1n) is 5.71. The molecule has 1 aromatic carbocycles. The smallest absolute Gasteiger partial charge is 0.313 e. The number of hydrogen-bond acceptors (Lipinski definition) is 2. The Hall–Kier alpha value is -0.830. The van der Waals surface area contributed by atoms with Gasteiger partial charge in [-0.1, -0.05) is 40.2 Å². The third kappa shape index (κ3) is 4.50. The number of carbonyl (C=O) groups excluding carboxylic acids is 1. The molecule has 0 bridgehead atoms. The van der Waals surface area contributed by atoms with Crippen LogP contribution in [0.25, 0.3) is 0 Å². The maximum absolute atomic E-state index is 11.9. The van der Waals surface area contributed by atoms with Crippen molar-refractivity contribution in [3.05, 3.63) is 35.4 Å². The molecule has 0 aliphatic rings. The zero-order valence-electron chi connectivity index (χ0n) is 10.8. The Kier molecular flexibility index (Phi) is 4.75. The van der Waals surface area contributed by atoms with Gasteiger partial charge in [0, 0.05) is 5.33 Å². The summed E-state index contributed by atoms with van der Waals surface area (Å²) in [6.07, 6.45) is 0. The van der Waals surface area contributed by atoms with Crippen molar-refractivity contribution in [3.63, 3.8) is 0 Å². The van der Waals surface area contributed by atoms with E-state index in [9.17, 15) is 4.79 Å². The molecule has 2 nitrogen and oxygen atoms in total. The van der Waals surface area contributed by atoms with Crippen molar-refractivity contribution < 1.29 is 9.53 Å². The minimum Gasteiger partial charge on any atom is -0.460 e. The predicted molar refractivity (Wildman–Crippen MR) is 73.3 cm³/mol. The van der Waals surface area contributed by atoms with E-state index in [2.05, 4.69) is 15.9 Å². The molecule has 0 saturated heterocycles. The molecule has 0 fully saturated rings. The average molecular weight is 299 g/mol. The number of esters is 1. The van der Waals surface area contributed by atoms with Gasteiger partial charge >= 0.3 is 5.97 Å². The first-order valence-corrected chi connectivity index (χ1v) is 6.83. The van der Waals surface area contributed by atoms with E-state index < -0.39 is 5.60 Å². The molecule has 3 heteroatoms. The molecule has 0 aromatic heterocycles. The van der Waals surface area contributed by atoms with E-state index in [-0.39, 0.29) is 11.9 Å². The predicted octanol–water partition coefficient (Wildman–Crippen LogP) is 4.03. The van der Waals surface area contributed by atoms with Gasteiger partial charge in [0.1, 0.15) is 5.60 Å². The van der Waals surface area contributed by atoms with Crippen LogP contribution in [0.5, 0.6) is 0 Å². The Bertz CT molecular complexity index is 376. The highest BCUT2D eigenvalue weighted by Gasteiger charge is 2.22. The zero-order chi connectivity index (χ0) is 13.1. The van der Waals surface area contributed by atoms with Crippen LogP contribution in [0, 0.1) is 0 Å². The summed E-state index contributed by atoms with van der Waals surface area (Å²) in [7, 11) is 0. The zero-order valence-corrected chi connectivity index (χ0v) is 12.4. The number of carbonyl (C=O) groups is 1. The summed E-state index contributed by atoms with van der Waals surface area (Å²) in [4.78, 5) is 11.9. The molecule has 0 N–H and O–H groups in total. The van der Waals surface area contributed by atoms with Crippen molar-refractivity contribution in [1.82, 2.24) is 0 Å². The molecule has 17 heavy (non-hydrogen) atoms. The lowest BCUT2D eigenvalue weighted by Crippen LogP contribution is -2.26. The highest BCUT2D eigenvalue weighted by Crippen LogP contribution is 2.21. The van der Waals surface area contributed by atoms with Crippen molar-refractivity contribution in [2.75, 3.05) is 0 Å². The number of hydrogen-bond donors (Lipinski definition) is 0. The van der Waals surface area contributed by atoms with Gasteiger partial charge in [0.2, 0.25) is 0 Å². The van der Waals surface area contributed by atoms with Crippen LogP contribution in [0.4, 0.5) is 0 Å². The van der Waals surface area contributed by atoms with E-state index in [0.29, 0.717) is 0 Å². The van der Waals surface area contributed by atoms with Crippen molar-refractivity contribution in [3.8, 4) is 0 Å². The summed E-state index contributed by atoms with van der Waals surface area (Å²) in [6, 6.07) is 7.99. The lowest BCUT2D eigenvalue weighted by molar-refractivity contribution is -0.156. The molecule has 0 aliphatic carbocycles. The topological polar surface area (TPSA) is 26.3 Å². The van der Waals surface area contributed by atoms with E-state index in [0.717, 1.165) is 10.9 Å². The fourth-order valence-corrected chi connectivity index (χ4v) is 1.80. The van der Waals surface area contributed by atoms with Crippen LogP contribution in [0.2, 0.25) is 0 Å². The maximum Gasteiger partial charge on any atom is 0.313 e. The summed E-state index contributed by atoms with van der Waals surface area (Å²) >= 11 is 3.40. The lowest BCUT2D eigenvalue weighted by atomic mass is 10.00. The summed E-state index contributed by atoms with van der Waals surface area (Å²) in [5.41, 5.74) is 1.76. The van der Waals surface area contributed by atoms with Crippen LogP contribution in [-0.4, -0.2) is 11.6 Å². The van der Waals surface area contributed by atoms with Gasteiger partial charge in [0.15, 0.2) is 0 Å². The van der Waals surface area contributed by atoms with Gasteiger partial charge in [-0.2, -0.15) is 0 Å². The minimum atomic E-state index is -0.429. The molecule has 0 amide bonds. The minimum absolute atomic E-state index is 0.177. The third-order valence-electron chi connectivity index (χ3n) is 2.39. The molecule has 1 atom stereocenters. The van der Waals surface area contributed by atoms with E-state index in [1.807, 2.05) is 52.0 Å². The summed E-state index contributed by atoms with van der Waals surface area (Å²) < 4.78 is 5.36. The van der Waals surface area contributed by atoms with Crippen LogP contribution in [0.3, 0.4) is 0 Å². The molecule has 0 aliphatic heterocycles. The van der Waals surface area contributed by atoms with Gasteiger partial charge in [-0.15, -0.1) is 0 Å². The average Bonchev–Trinajstić information content (AvgIpc) is 2.26. The monoisotopic (exact) mass is 298 g/mol. The molecule has 1 aromatic rings. The standard InChI is InChI=1S/C14H19BrO2/c1-10(13(16)17-14(2,3)4)12-7-5-11(9-15)6-8-12/h5-8,10H,9H2,1-4H3. The molecule has 0 saturated carbocycles. The Morgan fingerprint density at radius 1 is 1.29 bits per heavy atom. The lowest BCUT2D eigenvalue weighted by Gasteiger charge is -2.22.